The van der Waals surface area contributed by atoms with E-state index in [1.54, 1.807) is 37.3 Å². The van der Waals surface area contributed by atoms with E-state index in [9.17, 15) is 9.59 Å². The number of anilines is 3. The van der Waals surface area contributed by atoms with Crippen molar-refractivity contribution >= 4 is 29.0 Å². The summed E-state index contributed by atoms with van der Waals surface area (Å²) in [6, 6.07) is 7.07. The highest BCUT2D eigenvalue weighted by molar-refractivity contribution is 5.99. The maximum atomic E-state index is 12.7. The molecule has 2 amide bonds. The Kier molecular flexibility index (Phi) is 8.85. The van der Waals surface area contributed by atoms with Gasteiger partial charge in [-0.05, 0) is 44.0 Å². The number of nitrogens with one attached hydrogen (secondary N) is 3. The molecule has 1 fully saturated rings. The van der Waals surface area contributed by atoms with Gasteiger partial charge in [0.05, 0.1) is 24.0 Å². The number of likely N-dealkylation sites (tertiary alicyclic amines) is 1. The molecule has 1 saturated heterocycles. The van der Waals surface area contributed by atoms with E-state index in [1.165, 1.54) is 26.3 Å². The fraction of sp³-hybridized carbons (Fsp3) is 0.462. The lowest BCUT2D eigenvalue weighted by atomic mass is 9.94. The van der Waals surface area contributed by atoms with Gasteiger partial charge in [0.25, 0.3) is 5.91 Å². The van der Waals surface area contributed by atoms with E-state index in [-0.39, 0.29) is 17.4 Å². The van der Waals surface area contributed by atoms with Gasteiger partial charge in [-0.1, -0.05) is 19.4 Å². The summed E-state index contributed by atoms with van der Waals surface area (Å²) in [5.41, 5.74) is 1.69. The van der Waals surface area contributed by atoms with Gasteiger partial charge < -0.3 is 25.6 Å². The predicted molar refractivity (Wildman–Crippen MR) is 144 cm³/mol. The molecule has 3 heterocycles. The zero-order chi connectivity index (χ0) is 27.1. The van der Waals surface area contributed by atoms with Crippen LogP contribution in [0.3, 0.4) is 0 Å². The van der Waals surface area contributed by atoms with Crippen molar-refractivity contribution in [3.05, 3.63) is 36.3 Å². The van der Waals surface area contributed by atoms with Crippen LogP contribution in [0.25, 0.3) is 11.4 Å². The topological polar surface area (TPSA) is 139 Å². The molecule has 0 bridgehead atoms. The SMILES string of the molecule is CCC1CCN(CCC(=O)Nc2cc(Nc3cccc(-c4ncn(C)n4)c3OC)c(C(=O)NC)nn2)CC1. The van der Waals surface area contributed by atoms with Crippen LogP contribution in [-0.4, -0.2) is 75.5 Å². The van der Waals surface area contributed by atoms with Crippen LogP contribution in [0.2, 0.25) is 0 Å². The Morgan fingerprint density at radius 3 is 2.61 bits per heavy atom. The number of carbonyl (C=O) groups excluding carboxylic acids is 2. The standard InChI is InChI=1S/C26H35N9O3/c1-5-17-9-12-35(13-10-17)14-11-22(36)30-21-15-20(23(32-31-21)26(37)27-2)29-19-8-6-7-18(24(19)38-4)25-28-16-34(3)33-25/h6-8,15-17H,5,9-14H2,1-4H3,(H,27,37)(H2,29,30,31,36). The molecule has 0 unspecified atom stereocenters. The highest BCUT2D eigenvalue weighted by atomic mass is 16.5. The molecular weight excluding hydrogens is 486 g/mol. The molecule has 12 nitrogen and oxygen atoms in total. The van der Waals surface area contributed by atoms with Gasteiger partial charge in [0, 0.05) is 33.1 Å². The van der Waals surface area contributed by atoms with E-state index in [2.05, 4.69) is 48.1 Å². The van der Waals surface area contributed by atoms with Crippen molar-refractivity contribution in [2.45, 2.75) is 32.6 Å². The smallest absolute Gasteiger partial charge is 0.273 e. The highest BCUT2D eigenvalue weighted by Crippen LogP contribution is 2.37. The van der Waals surface area contributed by atoms with Crippen molar-refractivity contribution in [1.82, 2.24) is 35.2 Å². The van der Waals surface area contributed by atoms with Gasteiger partial charge in [-0.25, -0.2) is 4.98 Å². The lowest BCUT2D eigenvalue weighted by Gasteiger charge is -2.31. The molecule has 0 radical (unpaired) electrons. The molecular formula is C26H35N9O3. The minimum Gasteiger partial charge on any atom is -0.494 e. The molecule has 1 aliphatic heterocycles. The lowest BCUT2D eigenvalue weighted by molar-refractivity contribution is -0.116. The van der Waals surface area contributed by atoms with Crippen molar-refractivity contribution in [2.24, 2.45) is 13.0 Å². The number of para-hydroxylation sites is 1. The Bertz CT molecular complexity index is 1270. The van der Waals surface area contributed by atoms with Crippen LogP contribution in [-0.2, 0) is 11.8 Å². The minimum absolute atomic E-state index is 0.0766. The largest absolute Gasteiger partial charge is 0.494 e. The number of amides is 2. The van der Waals surface area contributed by atoms with Crippen molar-refractivity contribution in [1.29, 1.82) is 0 Å². The number of benzene rings is 1. The molecule has 1 aliphatic rings. The monoisotopic (exact) mass is 521 g/mol. The van der Waals surface area contributed by atoms with Gasteiger partial charge in [-0.15, -0.1) is 10.2 Å². The Hall–Kier alpha value is -4.06. The van der Waals surface area contributed by atoms with E-state index in [0.29, 0.717) is 41.5 Å². The molecule has 0 atom stereocenters. The van der Waals surface area contributed by atoms with E-state index in [4.69, 9.17) is 4.74 Å². The molecule has 202 valence electrons. The lowest BCUT2D eigenvalue weighted by Crippen LogP contribution is -2.35. The van der Waals surface area contributed by atoms with Crippen molar-refractivity contribution < 1.29 is 14.3 Å². The van der Waals surface area contributed by atoms with Crippen LogP contribution in [0.5, 0.6) is 5.75 Å². The number of aryl methyl sites for hydroxylation is 1. The maximum Gasteiger partial charge on any atom is 0.273 e. The highest BCUT2D eigenvalue weighted by Gasteiger charge is 2.21. The van der Waals surface area contributed by atoms with Gasteiger partial charge >= 0.3 is 0 Å². The first-order chi connectivity index (χ1) is 18.4. The molecule has 38 heavy (non-hydrogen) atoms. The summed E-state index contributed by atoms with van der Waals surface area (Å²) in [5.74, 6) is 1.46. The van der Waals surface area contributed by atoms with Gasteiger partial charge in [0.15, 0.2) is 23.1 Å². The Labute approximate surface area is 222 Å². The number of hydrogen-bond donors (Lipinski definition) is 3. The summed E-state index contributed by atoms with van der Waals surface area (Å²) in [7, 11) is 4.85. The number of rotatable bonds is 10. The third-order valence-corrected chi connectivity index (χ3v) is 6.77. The summed E-state index contributed by atoms with van der Waals surface area (Å²) >= 11 is 0. The third kappa shape index (κ3) is 6.43. The first-order valence-electron chi connectivity index (χ1n) is 12.8. The van der Waals surface area contributed by atoms with Gasteiger partial charge in [0.2, 0.25) is 5.91 Å². The number of hydrogen-bond acceptors (Lipinski definition) is 9. The van der Waals surface area contributed by atoms with Crippen LogP contribution < -0.4 is 20.7 Å². The summed E-state index contributed by atoms with van der Waals surface area (Å²) in [6.07, 6.45) is 5.53. The number of carbonyl (C=O) groups is 2. The predicted octanol–water partition coefficient (Wildman–Crippen LogP) is 2.83. The number of piperidine rings is 1. The molecule has 3 aromatic rings. The second-order valence-electron chi connectivity index (χ2n) is 9.32. The van der Waals surface area contributed by atoms with Gasteiger partial charge in [0.1, 0.15) is 6.33 Å². The van der Waals surface area contributed by atoms with E-state index in [0.717, 1.165) is 19.0 Å². The number of nitrogens with zero attached hydrogens (tertiary/aromatic N) is 6. The fourth-order valence-electron chi connectivity index (χ4n) is 4.56. The third-order valence-electron chi connectivity index (χ3n) is 6.77. The number of methoxy groups -OCH3 is 1. The van der Waals surface area contributed by atoms with Crippen molar-refractivity contribution in [2.75, 3.05) is 44.4 Å². The molecule has 0 saturated carbocycles. The summed E-state index contributed by atoms with van der Waals surface area (Å²) in [4.78, 5) is 31.9. The van der Waals surface area contributed by atoms with Crippen LogP contribution in [0.1, 0.15) is 43.1 Å². The molecule has 0 aliphatic carbocycles. The van der Waals surface area contributed by atoms with Crippen LogP contribution in [0.4, 0.5) is 17.2 Å². The number of ether oxygens (including phenoxy) is 1. The van der Waals surface area contributed by atoms with Crippen LogP contribution >= 0.6 is 0 Å². The van der Waals surface area contributed by atoms with E-state index in [1.807, 2.05) is 12.1 Å². The molecule has 3 N–H and O–H groups in total. The normalized spacial score (nSPS) is 14.2. The first-order valence-corrected chi connectivity index (χ1v) is 12.8. The molecule has 0 spiro atoms. The van der Waals surface area contributed by atoms with E-state index >= 15 is 0 Å². The van der Waals surface area contributed by atoms with Crippen molar-refractivity contribution in [3.63, 3.8) is 0 Å². The van der Waals surface area contributed by atoms with Gasteiger partial charge in [-0.3, -0.25) is 14.3 Å². The second kappa shape index (κ2) is 12.5. The fourth-order valence-corrected chi connectivity index (χ4v) is 4.56. The minimum atomic E-state index is -0.421. The zero-order valence-electron chi connectivity index (χ0n) is 22.3. The average Bonchev–Trinajstić information content (AvgIpc) is 3.37. The maximum absolute atomic E-state index is 12.7. The molecule has 1 aromatic carbocycles. The van der Waals surface area contributed by atoms with Crippen molar-refractivity contribution in [3.8, 4) is 17.1 Å². The quantitative estimate of drug-likeness (QED) is 0.367. The average molecular weight is 522 g/mol. The first kappa shape index (κ1) is 27.0. The van der Waals surface area contributed by atoms with Crippen LogP contribution in [0, 0.1) is 5.92 Å². The Morgan fingerprint density at radius 2 is 1.95 bits per heavy atom. The van der Waals surface area contributed by atoms with Gasteiger partial charge in [-0.2, -0.15) is 5.10 Å². The summed E-state index contributed by atoms with van der Waals surface area (Å²) in [5, 5.41) is 21.1. The molecule has 2 aromatic heterocycles. The summed E-state index contributed by atoms with van der Waals surface area (Å²) < 4.78 is 7.28. The molecule has 12 heteroatoms. The number of aromatic nitrogens is 5. The van der Waals surface area contributed by atoms with E-state index < -0.39 is 5.91 Å². The Morgan fingerprint density at radius 1 is 1.16 bits per heavy atom. The second-order valence-corrected chi connectivity index (χ2v) is 9.32. The Balaban J connectivity index is 1.51. The summed E-state index contributed by atoms with van der Waals surface area (Å²) in [6.45, 7) is 4.98. The zero-order valence-corrected chi connectivity index (χ0v) is 22.3. The van der Waals surface area contributed by atoms with Crippen LogP contribution in [0.15, 0.2) is 30.6 Å². The molecule has 4 rings (SSSR count).